The third kappa shape index (κ3) is 4.54. The number of nitrogens with zero attached hydrogens (tertiary/aromatic N) is 1. The molecule has 0 aliphatic heterocycles. The van der Waals surface area contributed by atoms with Crippen molar-refractivity contribution in [2.75, 3.05) is 4.90 Å². The second-order valence-electron chi connectivity index (χ2n) is 13.4. The fourth-order valence-electron chi connectivity index (χ4n) is 7.78. The van der Waals surface area contributed by atoms with E-state index in [2.05, 4.69) is 195 Å². The molecule has 1 aliphatic rings. The predicted octanol–water partition coefficient (Wildman–Crippen LogP) is 13.1. The van der Waals surface area contributed by atoms with Crippen molar-refractivity contribution >= 4 is 38.6 Å². The molecule has 9 rings (SSSR count). The first-order valence-electron chi connectivity index (χ1n) is 16.8. The second kappa shape index (κ2) is 11.1. The summed E-state index contributed by atoms with van der Waals surface area (Å²) in [6.45, 7) is 4.72. The van der Waals surface area contributed by atoms with Crippen molar-refractivity contribution in [3.05, 3.63) is 187 Å². The summed E-state index contributed by atoms with van der Waals surface area (Å²) in [6, 6.07) is 64.5. The Bertz CT molecular complexity index is 2470. The molecule has 0 radical (unpaired) electrons. The molecule has 0 fully saturated rings. The zero-order chi connectivity index (χ0) is 32.2. The molecule has 8 aromatic carbocycles. The van der Waals surface area contributed by atoms with Crippen molar-refractivity contribution in [1.29, 1.82) is 0 Å². The van der Waals surface area contributed by atoms with E-state index in [9.17, 15) is 0 Å². The summed E-state index contributed by atoms with van der Waals surface area (Å²) >= 11 is 0. The fourth-order valence-corrected chi connectivity index (χ4v) is 7.78. The van der Waals surface area contributed by atoms with E-state index >= 15 is 0 Å². The molecule has 1 aliphatic carbocycles. The summed E-state index contributed by atoms with van der Waals surface area (Å²) in [7, 11) is 0. The van der Waals surface area contributed by atoms with Crippen LogP contribution in [0.3, 0.4) is 0 Å². The van der Waals surface area contributed by atoms with Crippen LogP contribution in [-0.2, 0) is 5.41 Å². The van der Waals surface area contributed by atoms with Crippen molar-refractivity contribution in [3.8, 4) is 33.4 Å². The van der Waals surface area contributed by atoms with Gasteiger partial charge < -0.3 is 4.90 Å². The smallest absolute Gasteiger partial charge is 0.0540 e. The van der Waals surface area contributed by atoms with Gasteiger partial charge in [0.15, 0.2) is 0 Å². The number of hydrogen-bond donors (Lipinski definition) is 0. The van der Waals surface area contributed by atoms with Gasteiger partial charge in [0.2, 0.25) is 0 Å². The lowest BCUT2D eigenvalue weighted by atomic mass is 9.82. The van der Waals surface area contributed by atoms with E-state index in [4.69, 9.17) is 0 Å². The molecule has 48 heavy (non-hydrogen) atoms. The standard InChI is InChI=1S/C47H35N/c1-47(2)44-20-12-11-19-40(44)41-27-26-38(31-45(41)47)48(37-25-23-35-22-21-34-17-9-10-18-39(34)42(35)30-37)46-28-24-36(32-13-5-3-6-14-32)29-43(46)33-15-7-4-8-16-33/h3-31H,1-2H3. The van der Waals surface area contributed by atoms with Crippen LogP contribution >= 0.6 is 0 Å². The molecule has 0 amide bonds. The molecule has 0 N–H and O–H groups in total. The zero-order valence-corrected chi connectivity index (χ0v) is 27.2. The summed E-state index contributed by atoms with van der Waals surface area (Å²) in [5.74, 6) is 0. The minimum atomic E-state index is -0.105. The summed E-state index contributed by atoms with van der Waals surface area (Å²) < 4.78 is 0. The van der Waals surface area contributed by atoms with E-state index in [-0.39, 0.29) is 5.41 Å². The molecule has 0 saturated heterocycles. The van der Waals surface area contributed by atoms with E-state index in [1.807, 2.05) is 0 Å². The predicted molar refractivity (Wildman–Crippen MR) is 205 cm³/mol. The van der Waals surface area contributed by atoms with Crippen LogP contribution in [0.25, 0.3) is 54.9 Å². The molecular weight excluding hydrogens is 579 g/mol. The highest BCUT2D eigenvalue weighted by Crippen LogP contribution is 2.51. The molecule has 0 unspecified atom stereocenters. The van der Waals surface area contributed by atoms with E-state index in [0.717, 1.165) is 17.1 Å². The lowest BCUT2D eigenvalue weighted by molar-refractivity contribution is 0.660. The molecule has 0 heterocycles. The van der Waals surface area contributed by atoms with Crippen LogP contribution in [0.2, 0.25) is 0 Å². The molecule has 0 saturated carbocycles. The first kappa shape index (κ1) is 28.3. The van der Waals surface area contributed by atoms with E-state index < -0.39 is 0 Å². The highest BCUT2D eigenvalue weighted by molar-refractivity contribution is 6.09. The van der Waals surface area contributed by atoms with Gasteiger partial charge in [-0.05, 0) is 96.9 Å². The summed E-state index contributed by atoms with van der Waals surface area (Å²) in [4.78, 5) is 2.47. The summed E-state index contributed by atoms with van der Waals surface area (Å²) in [5, 5.41) is 5.02. The van der Waals surface area contributed by atoms with Gasteiger partial charge in [-0.1, -0.05) is 153 Å². The van der Waals surface area contributed by atoms with Crippen molar-refractivity contribution < 1.29 is 0 Å². The first-order chi connectivity index (χ1) is 23.6. The van der Waals surface area contributed by atoms with Crippen molar-refractivity contribution in [2.24, 2.45) is 0 Å². The van der Waals surface area contributed by atoms with Gasteiger partial charge in [0.05, 0.1) is 5.69 Å². The van der Waals surface area contributed by atoms with Crippen LogP contribution in [0, 0.1) is 0 Å². The Balaban J connectivity index is 1.32. The van der Waals surface area contributed by atoms with Crippen LogP contribution in [0.5, 0.6) is 0 Å². The van der Waals surface area contributed by atoms with Gasteiger partial charge in [-0.2, -0.15) is 0 Å². The second-order valence-corrected chi connectivity index (χ2v) is 13.4. The first-order valence-corrected chi connectivity index (χ1v) is 16.8. The average Bonchev–Trinajstić information content (AvgIpc) is 3.38. The number of fused-ring (bicyclic) bond motifs is 6. The van der Waals surface area contributed by atoms with E-state index in [1.54, 1.807) is 0 Å². The van der Waals surface area contributed by atoms with Crippen LogP contribution in [0.1, 0.15) is 25.0 Å². The van der Waals surface area contributed by atoms with Gasteiger partial charge in [0, 0.05) is 22.4 Å². The van der Waals surface area contributed by atoms with Gasteiger partial charge in [-0.15, -0.1) is 0 Å². The maximum atomic E-state index is 2.47. The normalized spacial score (nSPS) is 13.0. The van der Waals surface area contributed by atoms with Crippen LogP contribution < -0.4 is 4.90 Å². The highest BCUT2D eigenvalue weighted by Gasteiger charge is 2.36. The lowest BCUT2D eigenvalue weighted by Crippen LogP contribution is -2.17. The molecule has 8 aromatic rings. The molecule has 0 bridgehead atoms. The van der Waals surface area contributed by atoms with Gasteiger partial charge in [-0.25, -0.2) is 0 Å². The van der Waals surface area contributed by atoms with E-state index in [1.165, 1.54) is 66.1 Å². The van der Waals surface area contributed by atoms with Crippen LogP contribution in [-0.4, -0.2) is 0 Å². The van der Waals surface area contributed by atoms with Crippen molar-refractivity contribution in [2.45, 2.75) is 19.3 Å². The summed E-state index contributed by atoms with van der Waals surface area (Å²) in [5.41, 5.74) is 13.5. The highest BCUT2D eigenvalue weighted by atomic mass is 15.1. The fraction of sp³-hybridized carbons (Fsp3) is 0.0638. The number of benzene rings is 8. The molecular formula is C47H35N. The number of hydrogen-bond acceptors (Lipinski definition) is 1. The quantitative estimate of drug-likeness (QED) is 0.175. The average molecular weight is 614 g/mol. The SMILES string of the molecule is CC1(C)c2ccccc2-c2ccc(N(c3ccc4ccc5ccccc5c4c3)c3ccc(-c4ccccc4)cc3-c3ccccc3)cc21. The summed E-state index contributed by atoms with van der Waals surface area (Å²) in [6.07, 6.45) is 0. The minimum Gasteiger partial charge on any atom is -0.310 e. The zero-order valence-electron chi connectivity index (χ0n) is 27.2. The molecule has 0 aromatic heterocycles. The van der Waals surface area contributed by atoms with Crippen molar-refractivity contribution in [3.63, 3.8) is 0 Å². The molecule has 228 valence electrons. The van der Waals surface area contributed by atoms with Gasteiger partial charge in [0.1, 0.15) is 0 Å². The number of rotatable bonds is 5. The van der Waals surface area contributed by atoms with Gasteiger partial charge in [-0.3, -0.25) is 0 Å². The maximum Gasteiger partial charge on any atom is 0.0540 e. The Morgan fingerprint density at radius 2 is 0.979 bits per heavy atom. The van der Waals surface area contributed by atoms with Crippen molar-refractivity contribution in [1.82, 2.24) is 0 Å². The Labute approximate surface area is 282 Å². The third-order valence-corrected chi connectivity index (χ3v) is 10.2. The maximum absolute atomic E-state index is 2.47. The van der Waals surface area contributed by atoms with E-state index in [0.29, 0.717) is 0 Å². The number of anilines is 3. The Morgan fingerprint density at radius 1 is 0.375 bits per heavy atom. The largest absolute Gasteiger partial charge is 0.310 e. The van der Waals surface area contributed by atoms with Gasteiger partial charge >= 0.3 is 0 Å². The molecule has 1 nitrogen and oxygen atoms in total. The lowest BCUT2D eigenvalue weighted by Gasteiger charge is -2.30. The van der Waals surface area contributed by atoms with Gasteiger partial charge in [0.25, 0.3) is 0 Å². The molecule has 0 atom stereocenters. The Hall–Kier alpha value is -5.92. The Morgan fingerprint density at radius 3 is 1.79 bits per heavy atom. The molecule has 1 heteroatoms. The third-order valence-electron chi connectivity index (χ3n) is 10.2. The monoisotopic (exact) mass is 613 g/mol. The van der Waals surface area contributed by atoms with Crippen LogP contribution in [0.15, 0.2) is 176 Å². The van der Waals surface area contributed by atoms with Crippen LogP contribution in [0.4, 0.5) is 17.1 Å². The Kier molecular flexibility index (Phi) is 6.55. The molecule has 0 spiro atoms. The minimum absolute atomic E-state index is 0.105. The topological polar surface area (TPSA) is 3.24 Å².